The van der Waals surface area contributed by atoms with E-state index >= 15 is 0 Å². The predicted octanol–water partition coefficient (Wildman–Crippen LogP) is 1.88. The highest BCUT2D eigenvalue weighted by Gasteiger charge is 2.24. The largest absolute Gasteiger partial charge is 0.396 e. The van der Waals surface area contributed by atoms with E-state index in [1.165, 1.54) is 0 Å². The molecule has 1 amide bonds. The zero-order valence-electron chi connectivity index (χ0n) is 13.0. The minimum Gasteiger partial charge on any atom is -0.396 e. The fraction of sp³-hybridized carbons (Fsp3) is 0.933. The van der Waals surface area contributed by atoms with Crippen LogP contribution in [-0.4, -0.2) is 54.6 Å². The van der Waals surface area contributed by atoms with Crippen molar-refractivity contribution in [3.63, 3.8) is 0 Å². The summed E-state index contributed by atoms with van der Waals surface area (Å²) in [5.41, 5.74) is 0. The van der Waals surface area contributed by atoms with E-state index in [1.807, 2.05) is 13.8 Å². The van der Waals surface area contributed by atoms with Crippen molar-refractivity contribution in [3.05, 3.63) is 0 Å². The van der Waals surface area contributed by atoms with Crippen LogP contribution in [0.1, 0.15) is 39.5 Å². The number of carbonyl (C=O) groups is 1. The Morgan fingerprint density at radius 1 is 1.33 bits per heavy atom. The molecule has 1 aliphatic heterocycles. The topological polar surface area (TPSA) is 52.6 Å². The molecule has 6 heteroatoms. The molecule has 1 atom stereocenters. The van der Waals surface area contributed by atoms with Crippen LogP contribution < -0.4 is 5.32 Å². The zero-order valence-corrected chi connectivity index (χ0v) is 13.0. The molecule has 1 aliphatic rings. The average molecular weight is 306 g/mol. The van der Waals surface area contributed by atoms with Crippen LogP contribution in [0.4, 0.5) is 8.78 Å². The molecule has 21 heavy (non-hydrogen) atoms. The first kappa shape index (κ1) is 18.3. The monoisotopic (exact) mass is 306 g/mol. The van der Waals surface area contributed by atoms with Crippen LogP contribution in [0.5, 0.6) is 0 Å². The van der Waals surface area contributed by atoms with Crippen molar-refractivity contribution < 1.29 is 18.7 Å². The second-order valence-electron chi connectivity index (χ2n) is 6.27. The van der Waals surface area contributed by atoms with Crippen LogP contribution in [0.2, 0.25) is 0 Å². The quantitative estimate of drug-likeness (QED) is 0.720. The van der Waals surface area contributed by atoms with Gasteiger partial charge in [0.1, 0.15) is 0 Å². The van der Waals surface area contributed by atoms with E-state index < -0.39 is 6.43 Å². The molecule has 0 aliphatic carbocycles. The van der Waals surface area contributed by atoms with Gasteiger partial charge in [-0.15, -0.1) is 0 Å². The summed E-state index contributed by atoms with van der Waals surface area (Å²) in [5.74, 6) is 0.573. The number of aliphatic hydroxyl groups excluding tert-OH is 1. The third-order valence-electron chi connectivity index (χ3n) is 4.17. The Morgan fingerprint density at radius 3 is 2.43 bits per heavy atom. The number of amides is 1. The van der Waals surface area contributed by atoms with E-state index in [9.17, 15) is 13.6 Å². The van der Waals surface area contributed by atoms with E-state index in [4.69, 9.17) is 5.11 Å². The number of hydrogen-bond donors (Lipinski definition) is 2. The maximum absolute atomic E-state index is 12.3. The fourth-order valence-corrected chi connectivity index (χ4v) is 2.81. The third kappa shape index (κ3) is 7.18. The van der Waals surface area contributed by atoms with E-state index in [0.29, 0.717) is 25.9 Å². The van der Waals surface area contributed by atoms with Crippen molar-refractivity contribution in [3.8, 4) is 0 Å². The van der Waals surface area contributed by atoms with Crippen LogP contribution in [0.3, 0.4) is 0 Å². The minimum absolute atomic E-state index is 0.00132. The Hall–Kier alpha value is -0.750. The molecule has 1 heterocycles. The van der Waals surface area contributed by atoms with Crippen molar-refractivity contribution in [1.29, 1.82) is 0 Å². The SMILES string of the molecule is CC(C)[C@@H](CCO)NC(=O)CC1CCN(CC(F)F)CC1. The lowest BCUT2D eigenvalue weighted by Crippen LogP contribution is -2.42. The molecule has 0 aromatic rings. The molecule has 0 aromatic heterocycles. The zero-order chi connectivity index (χ0) is 15.8. The first-order valence-electron chi connectivity index (χ1n) is 7.83. The van der Waals surface area contributed by atoms with Crippen molar-refractivity contribution in [2.45, 2.75) is 52.0 Å². The second kappa shape index (κ2) is 9.30. The maximum atomic E-state index is 12.3. The maximum Gasteiger partial charge on any atom is 0.251 e. The lowest BCUT2D eigenvalue weighted by molar-refractivity contribution is -0.123. The molecule has 0 radical (unpaired) electrons. The molecule has 0 unspecified atom stereocenters. The number of nitrogens with one attached hydrogen (secondary N) is 1. The van der Waals surface area contributed by atoms with Gasteiger partial charge in [-0.25, -0.2) is 8.78 Å². The number of halogens is 2. The Labute approximate surface area is 125 Å². The Kier molecular flexibility index (Phi) is 8.11. The molecule has 0 saturated carbocycles. The highest BCUT2D eigenvalue weighted by Crippen LogP contribution is 2.21. The first-order valence-corrected chi connectivity index (χ1v) is 7.83. The summed E-state index contributed by atoms with van der Waals surface area (Å²) in [5, 5.41) is 12.0. The van der Waals surface area contributed by atoms with Crippen LogP contribution in [0, 0.1) is 11.8 Å². The summed E-state index contributed by atoms with van der Waals surface area (Å²) >= 11 is 0. The summed E-state index contributed by atoms with van der Waals surface area (Å²) < 4.78 is 24.6. The van der Waals surface area contributed by atoms with Gasteiger partial charge in [0.25, 0.3) is 6.43 Å². The minimum atomic E-state index is -2.28. The van der Waals surface area contributed by atoms with Gasteiger partial charge in [-0.05, 0) is 44.2 Å². The van der Waals surface area contributed by atoms with E-state index in [2.05, 4.69) is 5.32 Å². The van der Waals surface area contributed by atoms with Crippen LogP contribution >= 0.6 is 0 Å². The van der Waals surface area contributed by atoms with Gasteiger partial charge in [-0.1, -0.05) is 13.8 Å². The van der Waals surface area contributed by atoms with Gasteiger partial charge in [-0.2, -0.15) is 0 Å². The third-order valence-corrected chi connectivity index (χ3v) is 4.17. The van der Waals surface area contributed by atoms with Gasteiger partial charge in [0, 0.05) is 19.1 Å². The van der Waals surface area contributed by atoms with E-state index in [-0.39, 0.29) is 36.9 Å². The number of carbonyl (C=O) groups excluding carboxylic acids is 1. The van der Waals surface area contributed by atoms with Gasteiger partial charge in [0.15, 0.2) is 0 Å². The molecule has 124 valence electrons. The smallest absolute Gasteiger partial charge is 0.251 e. The highest BCUT2D eigenvalue weighted by molar-refractivity contribution is 5.76. The molecule has 2 N–H and O–H groups in total. The molecular formula is C15H28F2N2O2. The molecule has 1 saturated heterocycles. The van der Waals surface area contributed by atoms with Crippen LogP contribution in [-0.2, 0) is 4.79 Å². The highest BCUT2D eigenvalue weighted by atomic mass is 19.3. The van der Waals surface area contributed by atoms with Crippen LogP contribution in [0.25, 0.3) is 0 Å². The van der Waals surface area contributed by atoms with Gasteiger partial charge in [-0.3, -0.25) is 9.69 Å². The van der Waals surface area contributed by atoms with Gasteiger partial charge in [0.05, 0.1) is 6.54 Å². The van der Waals surface area contributed by atoms with Crippen molar-refractivity contribution >= 4 is 5.91 Å². The van der Waals surface area contributed by atoms with E-state index in [1.54, 1.807) is 4.90 Å². The number of piperidine rings is 1. The Bertz CT molecular complexity index is 306. The van der Waals surface area contributed by atoms with Crippen molar-refractivity contribution in [2.24, 2.45) is 11.8 Å². The fourth-order valence-electron chi connectivity index (χ4n) is 2.81. The molecule has 1 fully saturated rings. The van der Waals surface area contributed by atoms with Crippen LogP contribution in [0.15, 0.2) is 0 Å². The number of likely N-dealkylation sites (tertiary alicyclic amines) is 1. The Balaban J connectivity index is 2.29. The number of rotatable bonds is 8. The summed E-state index contributed by atoms with van der Waals surface area (Å²) in [6.07, 6.45) is 0.335. The number of nitrogens with zero attached hydrogens (tertiary/aromatic N) is 1. The average Bonchev–Trinajstić information content (AvgIpc) is 2.40. The van der Waals surface area contributed by atoms with Gasteiger partial charge in [0.2, 0.25) is 5.91 Å². The lowest BCUT2D eigenvalue weighted by atomic mass is 9.92. The summed E-state index contributed by atoms with van der Waals surface area (Å²) in [4.78, 5) is 13.8. The predicted molar refractivity (Wildman–Crippen MR) is 78.3 cm³/mol. The molecule has 0 aromatic carbocycles. The summed E-state index contributed by atoms with van der Waals surface area (Å²) in [6, 6.07) is 0.00132. The molecule has 4 nitrogen and oxygen atoms in total. The standard InChI is InChI=1S/C15H28F2N2O2/c1-11(2)13(5-8-20)18-15(21)9-12-3-6-19(7-4-12)10-14(16)17/h11-14,20H,3-10H2,1-2H3,(H,18,21)/t13-/m1/s1. The normalized spacial score (nSPS) is 19.2. The summed E-state index contributed by atoms with van der Waals surface area (Å²) in [6.45, 7) is 5.23. The number of alkyl halides is 2. The van der Waals surface area contributed by atoms with Crippen molar-refractivity contribution in [2.75, 3.05) is 26.2 Å². The van der Waals surface area contributed by atoms with Crippen molar-refractivity contribution in [1.82, 2.24) is 10.2 Å². The van der Waals surface area contributed by atoms with Gasteiger partial charge >= 0.3 is 0 Å². The Morgan fingerprint density at radius 2 is 1.95 bits per heavy atom. The molecular weight excluding hydrogens is 278 g/mol. The second-order valence-corrected chi connectivity index (χ2v) is 6.27. The number of aliphatic hydroxyl groups is 1. The molecule has 0 bridgehead atoms. The lowest BCUT2D eigenvalue weighted by Gasteiger charge is -2.31. The first-order chi connectivity index (χ1) is 9.92. The molecule has 1 rings (SSSR count). The molecule has 0 spiro atoms. The van der Waals surface area contributed by atoms with E-state index in [0.717, 1.165) is 12.8 Å². The van der Waals surface area contributed by atoms with Gasteiger partial charge < -0.3 is 10.4 Å². The summed E-state index contributed by atoms with van der Waals surface area (Å²) in [7, 11) is 0. The number of hydrogen-bond acceptors (Lipinski definition) is 3.